The molecule has 0 bridgehead atoms. The van der Waals surface area contributed by atoms with Crippen molar-refractivity contribution >= 4 is 6.21 Å². The summed E-state index contributed by atoms with van der Waals surface area (Å²) < 4.78 is 0. The molecule has 1 atom stereocenters. The van der Waals surface area contributed by atoms with Crippen molar-refractivity contribution < 1.29 is 0 Å². The van der Waals surface area contributed by atoms with Crippen molar-refractivity contribution in [2.24, 2.45) is 4.99 Å². The van der Waals surface area contributed by atoms with E-state index in [4.69, 9.17) is 5.73 Å². The van der Waals surface area contributed by atoms with Gasteiger partial charge in [0.2, 0.25) is 0 Å². The van der Waals surface area contributed by atoms with Crippen LogP contribution < -0.4 is 0 Å². The van der Waals surface area contributed by atoms with Gasteiger partial charge in [0.1, 0.15) is 0 Å². The third kappa shape index (κ3) is 0.942. The summed E-state index contributed by atoms with van der Waals surface area (Å²) >= 11 is 0. The third-order valence-corrected chi connectivity index (χ3v) is 2.06. The smallest absolute Gasteiger partial charge is 0.0879 e. The summed E-state index contributed by atoms with van der Waals surface area (Å²) in [6.45, 7) is 0. The molecule has 3 nitrogen and oxygen atoms in total. The Morgan fingerprint density at radius 3 is 3.17 bits per heavy atom. The predicted molar refractivity (Wildman–Crippen MR) is 49.7 cm³/mol. The molecule has 2 aliphatic heterocycles. The first-order chi connectivity index (χ1) is 5.79. The number of allylic oxidation sites excluding steroid dienone is 2. The summed E-state index contributed by atoms with van der Waals surface area (Å²) in [4.78, 5) is 6.21. The zero-order valence-electron chi connectivity index (χ0n) is 6.86. The van der Waals surface area contributed by atoms with Crippen LogP contribution in [0.15, 0.2) is 40.8 Å². The fraction of sp³-hybridized carbons (Fsp3) is 0.222. The molecule has 0 saturated heterocycles. The molecule has 62 valence electrons. The van der Waals surface area contributed by atoms with Crippen LogP contribution in [-0.4, -0.2) is 24.2 Å². The van der Waals surface area contributed by atoms with Crippen LogP contribution in [0.25, 0.3) is 5.73 Å². The molecule has 12 heavy (non-hydrogen) atoms. The molecule has 1 N–H and O–H groups in total. The number of hydrogen-bond donors (Lipinski definition) is 0. The fourth-order valence-corrected chi connectivity index (χ4v) is 1.37. The molecule has 0 aromatic rings. The fourth-order valence-electron chi connectivity index (χ4n) is 1.37. The summed E-state index contributed by atoms with van der Waals surface area (Å²) in [6.07, 6.45) is 9.36. The van der Waals surface area contributed by atoms with Crippen molar-refractivity contribution in [2.45, 2.75) is 6.04 Å². The molecule has 2 heterocycles. The van der Waals surface area contributed by atoms with Gasteiger partial charge in [-0.3, -0.25) is 4.99 Å². The first-order valence-corrected chi connectivity index (χ1v) is 3.86. The van der Waals surface area contributed by atoms with E-state index < -0.39 is 0 Å². The molecule has 2 rings (SSSR count). The number of nitrogens with zero attached hydrogens (tertiary/aromatic N) is 2. The Hall–Kier alpha value is -1.51. The number of likely N-dealkylation sites (N-methyl/N-ethyl adjacent to an activating group) is 1. The van der Waals surface area contributed by atoms with Crippen molar-refractivity contribution in [3.8, 4) is 0 Å². The molecular weight excluding hydrogens is 150 g/mol. The highest BCUT2D eigenvalue weighted by atomic mass is 15.1. The van der Waals surface area contributed by atoms with E-state index in [1.807, 2.05) is 30.3 Å². The topological polar surface area (TPSA) is 39.4 Å². The first-order valence-electron chi connectivity index (χ1n) is 3.86. The summed E-state index contributed by atoms with van der Waals surface area (Å²) in [7, 11) is 1.98. The van der Waals surface area contributed by atoms with Gasteiger partial charge in [-0.25, -0.2) is 0 Å². The lowest BCUT2D eigenvalue weighted by Gasteiger charge is -2.32. The Bertz CT molecular complexity index is 310. The van der Waals surface area contributed by atoms with Crippen molar-refractivity contribution in [3.05, 3.63) is 41.6 Å². The molecule has 1 unspecified atom stereocenters. The predicted octanol–water partition coefficient (Wildman–Crippen LogP) is 1.72. The second-order valence-electron chi connectivity index (χ2n) is 2.89. The Labute approximate surface area is 71.6 Å². The highest BCUT2D eigenvalue weighted by Gasteiger charge is 2.17. The highest BCUT2D eigenvalue weighted by Crippen LogP contribution is 2.24. The van der Waals surface area contributed by atoms with Crippen LogP contribution in [0.1, 0.15) is 0 Å². The second kappa shape index (κ2) is 2.52. The minimum absolute atomic E-state index is 0.160. The third-order valence-electron chi connectivity index (χ3n) is 2.06. The van der Waals surface area contributed by atoms with Gasteiger partial charge in [0.25, 0.3) is 0 Å². The van der Waals surface area contributed by atoms with E-state index in [1.165, 1.54) is 0 Å². The van der Waals surface area contributed by atoms with Gasteiger partial charge in [-0.2, -0.15) is 0 Å². The second-order valence-corrected chi connectivity index (χ2v) is 2.89. The summed E-state index contributed by atoms with van der Waals surface area (Å²) in [5.74, 6) is 0. The Kier molecular flexibility index (Phi) is 1.50. The van der Waals surface area contributed by atoms with E-state index in [9.17, 15) is 0 Å². The van der Waals surface area contributed by atoms with E-state index in [0.717, 1.165) is 5.70 Å². The largest absolute Gasteiger partial charge is 0.697 e. The molecule has 0 saturated carbocycles. The van der Waals surface area contributed by atoms with Gasteiger partial charge in [0, 0.05) is 13.3 Å². The van der Waals surface area contributed by atoms with Gasteiger partial charge in [0.15, 0.2) is 0 Å². The molecule has 0 spiro atoms. The minimum Gasteiger partial charge on any atom is -0.697 e. The summed E-state index contributed by atoms with van der Waals surface area (Å²) in [6, 6.07) is 0.160. The number of rotatable bonds is 0. The first kappa shape index (κ1) is 7.16. The summed E-state index contributed by atoms with van der Waals surface area (Å²) in [5, 5.41) is 0. The monoisotopic (exact) mass is 160 g/mol. The average molecular weight is 160 g/mol. The lowest BCUT2D eigenvalue weighted by molar-refractivity contribution is 0.412. The maximum absolute atomic E-state index is 7.61. The van der Waals surface area contributed by atoms with E-state index in [2.05, 4.69) is 4.99 Å². The average Bonchev–Trinajstić information content (AvgIpc) is 2.12. The number of hydrogen-bond acceptors (Lipinski definition) is 2. The van der Waals surface area contributed by atoms with Crippen LogP contribution in [0, 0.1) is 0 Å². The van der Waals surface area contributed by atoms with Crippen molar-refractivity contribution in [1.29, 1.82) is 0 Å². The van der Waals surface area contributed by atoms with Crippen LogP contribution in [0.4, 0.5) is 0 Å². The molecule has 3 heteroatoms. The minimum atomic E-state index is 0.160. The lowest BCUT2D eigenvalue weighted by Crippen LogP contribution is -2.30. The van der Waals surface area contributed by atoms with E-state index in [1.54, 1.807) is 12.3 Å². The zero-order valence-corrected chi connectivity index (χ0v) is 6.86. The van der Waals surface area contributed by atoms with Gasteiger partial charge in [0.05, 0.1) is 11.7 Å². The van der Waals surface area contributed by atoms with Crippen LogP contribution in [0.2, 0.25) is 0 Å². The normalized spacial score (nSPS) is 26.4. The Morgan fingerprint density at radius 2 is 2.42 bits per heavy atom. The molecule has 0 radical (unpaired) electrons. The Morgan fingerprint density at radius 1 is 1.58 bits per heavy atom. The molecule has 0 aliphatic carbocycles. The van der Waals surface area contributed by atoms with E-state index in [-0.39, 0.29) is 6.04 Å². The van der Waals surface area contributed by atoms with Crippen LogP contribution in [-0.2, 0) is 0 Å². The zero-order chi connectivity index (χ0) is 8.55. The molecule has 0 aromatic heterocycles. The van der Waals surface area contributed by atoms with Crippen LogP contribution in [0.5, 0.6) is 0 Å². The van der Waals surface area contributed by atoms with Crippen molar-refractivity contribution in [2.75, 3.05) is 7.05 Å². The quantitative estimate of drug-likeness (QED) is 0.531. The standard InChI is InChI=1S/C9H10N3/c1-12-6-4-7(10)9-8(12)3-2-5-11-9/h2-6,8,10H,1H3/q-1. The van der Waals surface area contributed by atoms with Gasteiger partial charge in [-0.05, 0) is 12.3 Å². The summed E-state index contributed by atoms with van der Waals surface area (Å²) in [5.41, 5.74) is 8.95. The molecule has 0 amide bonds. The maximum Gasteiger partial charge on any atom is 0.0879 e. The Balaban J connectivity index is 2.44. The van der Waals surface area contributed by atoms with Crippen LogP contribution >= 0.6 is 0 Å². The molecule has 0 fully saturated rings. The van der Waals surface area contributed by atoms with Crippen molar-refractivity contribution in [1.82, 2.24) is 4.90 Å². The van der Waals surface area contributed by atoms with Crippen LogP contribution in [0.3, 0.4) is 0 Å². The van der Waals surface area contributed by atoms with Gasteiger partial charge in [-0.1, -0.05) is 12.2 Å². The van der Waals surface area contributed by atoms with Gasteiger partial charge >= 0.3 is 0 Å². The lowest BCUT2D eigenvalue weighted by atomic mass is 10.1. The van der Waals surface area contributed by atoms with E-state index >= 15 is 0 Å². The molecule has 2 aliphatic rings. The molecular formula is C9H10N3-. The number of fused-ring (bicyclic) bond motifs is 1. The maximum atomic E-state index is 7.61. The van der Waals surface area contributed by atoms with Gasteiger partial charge < -0.3 is 10.6 Å². The van der Waals surface area contributed by atoms with E-state index in [0.29, 0.717) is 5.70 Å². The molecule has 0 aromatic carbocycles. The number of dihydropyridines is 1. The number of aliphatic imine (C=N–C) groups is 1. The number of nitrogens with one attached hydrogen (secondary N) is 1. The highest BCUT2D eigenvalue weighted by molar-refractivity contribution is 5.75. The van der Waals surface area contributed by atoms with Gasteiger partial charge in [-0.15, -0.1) is 5.70 Å². The van der Waals surface area contributed by atoms with Crippen molar-refractivity contribution in [3.63, 3.8) is 0 Å². The SMILES string of the molecule is CN1C=CC([NH-])=C2N=CC=CC21.